The molecule has 2 aromatic rings. The predicted octanol–water partition coefficient (Wildman–Crippen LogP) is 3.37. The van der Waals surface area contributed by atoms with E-state index in [2.05, 4.69) is 72.4 Å². The SMILES string of the molecule is CC(C)(C)c1ccc(C(c2ccncc2)N2CCNCC2)cc1. The number of hydrogen-bond donors (Lipinski definition) is 1. The van der Waals surface area contributed by atoms with Gasteiger partial charge in [-0.1, -0.05) is 45.0 Å². The van der Waals surface area contributed by atoms with Crippen molar-refractivity contribution in [2.75, 3.05) is 26.2 Å². The van der Waals surface area contributed by atoms with Crippen LogP contribution in [0.5, 0.6) is 0 Å². The molecule has 1 aliphatic rings. The molecular formula is C20H27N3. The molecule has 0 saturated carbocycles. The largest absolute Gasteiger partial charge is 0.314 e. The van der Waals surface area contributed by atoms with Gasteiger partial charge < -0.3 is 5.32 Å². The maximum atomic E-state index is 4.18. The van der Waals surface area contributed by atoms with E-state index in [4.69, 9.17) is 0 Å². The molecule has 3 nitrogen and oxygen atoms in total. The van der Waals surface area contributed by atoms with Gasteiger partial charge in [0.15, 0.2) is 0 Å². The van der Waals surface area contributed by atoms with Crippen molar-refractivity contribution in [3.8, 4) is 0 Å². The summed E-state index contributed by atoms with van der Waals surface area (Å²) in [5, 5.41) is 3.45. The summed E-state index contributed by atoms with van der Waals surface area (Å²) >= 11 is 0. The Morgan fingerprint density at radius 2 is 1.48 bits per heavy atom. The Hall–Kier alpha value is -1.71. The molecule has 1 aromatic heterocycles. The Bertz CT molecular complexity index is 608. The van der Waals surface area contributed by atoms with E-state index in [0.717, 1.165) is 26.2 Å². The van der Waals surface area contributed by atoms with Gasteiger partial charge in [-0.05, 0) is 34.2 Å². The van der Waals surface area contributed by atoms with Crippen molar-refractivity contribution in [3.63, 3.8) is 0 Å². The number of benzene rings is 1. The maximum absolute atomic E-state index is 4.18. The third-order valence-corrected chi connectivity index (χ3v) is 4.63. The predicted molar refractivity (Wildman–Crippen MR) is 95.7 cm³/mol. The molecule has 0 spiro atoms. The fourth-order valence-corrected chi connectivity index (χ4v) is 3.27. The molecule has 23 heavy (non-hydrogen) atoms. The molecule has 1 N–H and O–H groups in total. The maximum Gasteiger partial charge on any atom is 0.0603 e. The molecule has 122 valence electrons. The van der Waals surface area contributed by atoms with Crippen LogP contribution in [-0.2, 0) is 5.41 Å². The topological polar surface area (TPSA) is 28.2 Å². The van der Waals surface area contributed by atoms with Gasteiger partial charge in [-0.25, -0.2) is 0 Å². The van der Waals surface area contributed by atoms with Crippen LogP contribution in [0.3, 0.4) is 0 Å². The van der Waals surface area contributed by atoms with Gasteiger partial charge in [0.25, 0.3) is 0 Å². The minimum atomic E-state index is 0.194. The highest BCUT2D eigenvalue weighted by molar-refractivity contribution is 5.35. The lowest BCUT2D eigenvalue weighted by atomic mass is 9.85. The van der Waals surface area contributed by atoms with Crippen molar-refractivity contribution in [1.29, 1.82) is 0 Å². The zero-order valence-electron chi connectivity index (χ0n) is 14.4. The summed E-state index contributed by atoms with van der Waals surface area (Å²) in [5.74, 6) is 0. The van der Waals surface area contributed by atoms with E-state index in [1.54, 1.807) is 0 Å². The van der Waals surface area contributed by atoms with Crippen LogP contribution in [0.4, 0.5) is 0 Å². The number of aromatic nitrogens is 1. The molecule has 1 aromatic carbocycles. The van der Waals surface area contributed by atoms with Crippen LogP contribution in [-0.4, -0.2) is 36.1 Å². The zero-order valence-corrected chi connectivity index (χ0v) is 14.4. The smallest absolute Gasteiger partial charge is 0.0603 e. The third-order valence-electron chi connectivity index (χ3n) is 4.63. The molecule has 0 aliphatic carbocycles. The molecule has 1 fully saturated rings. The van der Waals surface area contributed by atoms with Crippen LogP contribution in [0.2, 0.25) is 0 Å². The van der Waals surface area contributed by atoms with Gasteiger partial charge in [0.1, 0.15) is 0 Å². The van der Waals surface area contributed by atoms with Crippen LogP contribution in [0.1, 0.15) is 43.5 Å². The molecule has 2 heterocycles. The quantitative estimate of drug-likeness (QED) is 0.942. The van der Waals surface area contributed by atoms with Gasteiger partial charge in [-0.2, -0.15) is 0 Å². The number of hydrogen-bond acceptors (Lipinski definition) is 3. The lowest BCUT2D eigenvalue weighted by Crippen LogP contribution is -2.45. The standard InChI is InChI=1S/C20H27N3/c1-20(2,3)18-6-4-16(5-7-18)19(17-8-10-21-11-9-17)23-14-12-22-13-15-23/h4-11,19,22H,12-15H2,1-3H3. The van der Waals surface area contributed by atoms with E-state index in [1.165, 1.54) is 16.7 Å². The van der Waals surface area contributed by atoms with Crippen LogP contribution in [0, 0.1) is 0 Å². The first-order valence-corrected chi connectivity index (χ1v) is 8.51. The van der Waals surface area contributed by atoms with Gasteiger partial charge in [0.05, 0.1) is 6.04 Å². The van der Waals surface area contributed by atoms with Gasteiger partial charge in [0.2, 0.25) is 0 Å². The average Bonchev–Trinajstić information content (AvgIpc) is 2.57. The van der Waals surface area contributed by atoms with Crippen LogP contribution in [0.15, 0.2) is 48.8 Å². The lowest BCUT2D eigenvalue weighted by molar-refractivity contribution is 0.198. The van der Waals surface area contributed by atoms with Crippen LogP contribution < -0.4 is 5.32 Å². The Balaban J connectivity index is 1.94. The Kier molecular flexibility index (Phi) is 4.79. The van der Waals surface area contributed by atoms with Crippen molar-refractivity contribution in [1.82, 2.24) is 15.2 Å². The van der Waals surface area contributed by atoms with E-state index in [-0.39, 0.29) is 5.41 Å². The third kappa shape index (κ3) is 3.80. The van der Waals surface area contributed by atoms with Crippen molar-refractivity contribution < 1.29 is 0 Å². The Morgan fingerprint density at radius 1 is 0.913 bits per heavy atom. The summed E-state index contributed by atoms with van der Waals surface area (Å²) in [6, 6.07) is 13.8. The Labute approximate surface area is 139 Å². The molecule has 0 amide bonds. The van der Waals surface area contributed by atoms with Crippen LogP contribution >= 0.6 is 0 Å². The van der Waals surface area contributed by atoms with E-state index < -0.39 is 0 Å². The summed E-state index contributed by atoms with van der Waals surface area (Å²) in [6.07, 6.45) is 3.79. The lowest BCUT2D eigenvalue weighted by Gasteiger charge is -2.35. The number of pyridine rings is 1. The van der Waals surface area contributed by atoms with Gasteiger partial charge in [-0.15, -0.1) is 0 Å². The van der Waals surface area contributed by atoms with Gasteiger partial charge in [0, 0.05) is 38.6 Å². The monoisotopic (exact) mass is 309 g/mol. The Morgan fingerprint density at radius 3 is 2.04 bits per heavy atom. The highest BCUT2D eigenvalue weighted by Crippen LogP contribution is 2.30. The zero-order chi connectivity index (χ0) is 16.3. The molecule has 1 aliphatic heterocycles. The number of nitrogens with zero attached hydrogens (tertiary/aromatic N) is 2. The first kappa shape index (κ1) is 16.2. The second kappa shape index (κ2) is 6.81. The normalized spacial score (nSPS) is 17.9. The second-order valence-electron chi connectivity index (χ2n) is 7.34. The second-order valence-corrected chi connectivity index (χ2v) is 7.34. The molecule has 3 rings (SSSR count). The van der Waals surface area contributed by atoms with Crippen molar-refractivity contribution in [2.45, 2.75) is 32.2 Å². The number of rotatable bonds is 3. The minimum absolute atomic E-state index is 0.194. The molecular weight excluding hydrogens is 282 g/mol. The highest BCUT2D eigenvalue weighted by Gasteiger charge is 2.24. The summed E-state index contributed by atoms with van der Waals surface area (Å²) in [7, 11) is 0. The fourth-order valence-electron chi connectivity index (χ4n) is 3.27. The van der Waals surface area contributed by atoms with Crippen molar-refractivity contribution >= 4 is 0 Å². The molecule has 1 atom stereocenters. The van der Waals surface area contributed by atoms with E-state index in [9.17, 15) is 0 Å². The first-order chi connectivity index (χ1) is 11.1. The molecule has 1 saturated heterocycles. The molecule has 0 radical (unpaired) electrons. The molecule has 1 unspecified atom stereocenters. The molecule has 0 bridgehead atoms. The fraction of sp³-hybridized carbons (Fsp3) is 0.450. The van der Waals surface area contributed by atoms with E-state index >= 15 is 0 Å². The first-order valence-electron chi connectivity index (χ1n) is 8.51. The number of nitrogens with one attached hydrogen (secondary N) is 1. The van der Waals surface area contributed by atoms with E-state index in [1.807, 2.05) is 12.4 Å². The summed E-state index contributed by atoms with van der Waals surface area (Å²) in [6.45, 7) is 11.1. The van der Waals surface area contributed by atoms with Crippen LogP contribution in [0.25, 0.3) is 0 Å². The van der Waals surface area contributed by atoms with E-state index in [0.29, 0.717) is 6.04 Å². The molecule has 3 heteroatoms. The highest BCUT2D eigenvalue weighted by atomic mass is 15.2. The van der Waals surface area contributed by atoms with Crippen molar-refractivity contribution in [3.05, 3.63) is 65.5 Å². The summed E-state index contributed by atoms with van der Waals surface area (Å²) in [4.78, 5) is 6.75. The minimum Gasteiger partial charge on any atom is -0.314 e. The summed E-state index contributed by atoms with van der Waals surface area (Å²) < 4.78 is 0. The van der Waals surface area contributed by atoms with Gasteiger partial charge in [-0.3, -0.25) is 9.88 Å². The number of piperazine rings is 1. The van der Waals surface area contributed by atoms with Crippen molar-refractivity contribution in [2.24, 2.45) is 0 Å². The average molecular weight is 309 g/mol. The summed E-state index contributed by atoms with van der Waals surface area (Å²) in [5.41, 5.74) is 4.27. The van der Waals surface area contributed by atoms with Gasteiger partial charge >= 0.3 is 0 Å².